The average molecular weight is 362 g/mol. The number of carbonyl (C=O) groups excluding carboxylic acids is 2. The number of ether oxygens (including phenoxy) is 1. The third-order valence-electron chi connectivity index (χ3n) is 3.77. The molecule has 1 aromatic carbocycles. The van der Waals surface area contributed by atoms with Crippen LogP contribution in [0.2, 0.25) is 0 Å². The van der Waals surface area contributed by atoms with Crippen molar-refractivity contribution in [1.82, 2.24) is 10.3 Å². The Hall–Kier alpha value is -2.32. The molecule has 2 heterocycles. The second-order valence-corrected chi connectivity index (χ2v) is 6.91. The van der Waals surface area contributed by atoms with Crippen LogP contribution in [0.25, 0.3) is 0 Å². The number of benzene rings is 1. The van der Waals surface area contributed by atoms with E-state index in [9.17, 15) is 14.7 Å². The molecule has 1 fully saturated rings. The molecule has 2 atom stereocenters. The number of nitrogens with one attached hydrogen (secondary N) is 1. The number of aryl methyl sites for hydroxylation is 2. The van der Waals surface area contributed by atoms with Crippen LogP contribution >= 0.6 is 11.8 Å². The van der Waals surface area contributed by atoms with Crippen molar-refractivity contribution in [3.63, 3.8) is 0 Å². The zero-order chi connectivity index (χ0) is 18.0. The van der Waals surface area contributed by atoms with E-state index >= 15 is 0 Å². The molecule has 8 heteroatoms. The van der Waals surface area contributed by atoms with Gasteiger partial charge in [0.15, 0.2) is 5.89 Å². The Bertz CT molecular complexity index is 787. The number of hydrogen-bond donors (Lipinski definition) is 2. The summed E-state index contributed by atoms with van der Waals surface area (Å²) in [6.07, 6.45) is -0.399. The Morgan fingerprint density at radius 1 is 1.32 bits per heavy atom. The molecule has 1 aliphatic rings. The molecule has 1 aliphatic heterocycles. The van der Waals surface area contributed by atoms with Gasteiger partial charge in [0.2, 0.25) is 5.91 Å². The molecule has 0 spiro atoms. The molecule has 0 saturated carbocycles. The molecule has 7 nitrogen and oxygen atoms in total. The Morgan fingerprint density at radius 2 is 2.04 bits per heavy atom. The minimum Gasteiger partial charge on any atom is -0.490 e. The lowest BCUT2D eigenvalue weighted by atomic mass is 10.1. The van der Waals surface area contributed by atoms with Crippen LogP contribution in [-0.2, 0) is 11.2 Å². The first kappa shape index (κ1) is 17.5. The van der Waals surface area contributed by atoms with Gasteiger partial charge in [-0.3, -0.25) is 14.9 Å². The third kappa shape index (κ3) is 4.21. The molecule has 2 amide bonds. The van der Waals surface area contributed by atoms with Gasteiger partial charge in [0, 0.05) is 6.92 Å². The quantitative estimate of drug-likeness (QED) is 0.813. The van der Waals surface area contributed by atoms with Gasteiger partial charge >= 0.3 is 0 Å². The fraction of sp³-hybridized carbons (Fsp3) is 0.353. The van der Waals surface area contributed by atoms with Crippen LogP contribution in [-0.4, -0.2) is 33.1 Å². The van der Waals surface area contributed by atoms with Crippen molar-refractivity contribution in [2.45, 2.75) is 31.6 Å². The second kappa shape index (κ2) is 7.28. The van der Waals surface area contributed by atoms with E-state index in [0.717, 1.165) is 17.3 Å². The lowest BCUT2D eigenvalue weighted by Crippen LogP contribution is -2.25. The smallest absolute Gasteiger partial charge is 0.286 e. The van der Waals surface area contributed by atoms with Crippen molar-refractivity contribution < 1.29 is 23.8 Å². The molecule has 3 rings (SSSR count). The van der Waals surface area contributed by atoms with Gasteiger partial charge in [-0.15, -0.1) is 0 Å². The molecule has 2 aromatic rings. The number of aromatic nitrogens is 1. The number of aliphatic hydroxyl groups is 1. The van der Waals surface area contributed by atoms with Gasteiger partial charge in [-0.25, -0.2) is 4.98 Å². The summed E-state index contributed by atoms with van der Waals surface area (Å²) in [5.41, 5.74) is 1.40. The van der Waals surface area contributed by atoms with E-state index in [-0.39, 0.29) is 23.0 Å². The van der Waals surface area contributed by atoms with E-state index in [1.165, 1.54) is 0 Å². The second-order valence-electron chi connectivity index (χ2n) is 5.73. The Morgan fingerprint density at radius 3 is 2.60 bits per heavy atom. The largest absolute Gasteiger partial charge is 0.490 e. The van der Waals surface area contributed by atoms with Crippen LogP contribution < -0.4 is 10.1 Å². The molecular formula is C17H18N2O5S. The number of hydrogen-bond acceptors (Lipinski definition) is 7. The summed E-state index contributed by atoms with van der Waals surface area (Å²) in [4.78, 5) is 26.9. The molecule has 0 bridgehead atoms. The summed E-state index contributed by atoms with van der Waals surface area (Å²) in [5.74, 6) is 1.42. The Labute approximate surface area is 148 Å². The molecule has 1 saturated heterocycles. The number of imide groups is 1. The number of aliphatic hydroxyl groups excluding tert-OH is 1. The molecule has 25 heavy (non-hydrogen) atoms. The van der Waals surface area contributed by atoms with Crippen molar-refractivity contribution in [3.8, 4) is 5.75 Å². The fourth-order valence-electron chi connectivity index (χ4n) is 2.57. The zero-order valence-corrected chi connectivity index (χ0v) is 14.6. The highest BCUT2D eigenvalue weighted by Gasteiger charge is 2.31. The molecule has 1 aromatic heterocycles. The predicted octanol–water partition coefficient (Wildman–Crippen LogP) is 2.30. The SMILES string of the molecule is Cc1nc(C(O)COc2ccc(CC3SC(=O)NC3=O)cc2)c(C)o1. The molecule has 0 aliphatic carbocycles. The van der Waals surface area contributed by atoms with Gasteiger partial charge < -0.3 is 14.3 Å². The van der Waals surface area contributed by atoms with Crippen molar-refractivity contribution in [1.29, 1.82) is 0 Å². The molecule has 2 N–H and O–H groups in total. The van der Waals surface area contributed by atoms with Crippen molar-refractivity contribution in [3.05, 3.63) is 47.2 Å². The van der Waals surface area contributed by atoms with E-state index < -0.39 is 6.10 Å². The summed E-state index contributed by atoms with van der Waals surface area (Å²) in [6.45, 7) is 3.52. The Kier molecular flexibility index (Phi) is 5.10. The van der Waals surface area contributed by atoms with Crippen LogP contribution in [0.4, 0.5) is 4.79 Å². The summed E-state index contributed by atoms with van der Waals surface area (Å²) >= 11 is 1.01. The van der Waals surface area contributed by atoms with Crippen LogP contribution in [0.15, 0.2) is 28.7 Å². The van der Waals surface area contributed by atoms with E-state index in [4.69, 9.17) is 9.15 Å². The fourth-order valence-corrected chi connectivity index (χ4v) is 3.43. The summed E-state index contributed by atoms with van der Waals surface area (Å²) in [7, 11) is 0. The monoisotopic (exact) mass is 362 g/mol. The normalized spacial score (nSPS) is 18.3. The molecule has 132 valence electrons. The number of nitrogens with zero attached hydrogens (tertiary/aromatic N) is 1. The zero-order valence-electron chi connectivity index (χ0n) is 13.8. The average Bonchev–Trinajstić information content (AvgIpc) is 3.07. The van der Waals surface area contributed by atoms with Crippen molar-refractivity contribution in [2.24, 2.45) is 0 Å². The first-order valence-electron chi connectivity index (χ1n) is 7.77. The third-order valence-corrected chi connectivity index (χ3v) is 4.76. The van der Waals surface area contributed by atoms with Crippen LogP contribution in [0.5, 0.6) is 5.75 Å². The summed E-state index contributed by atoms with van der Waals surface area (Å²) in [6, 6.07) is 7.21. The Balaban J connectivity index is 1.55. The number of rotatable bonds is 6. The van der Waals surface area contributed by atoms with E-state index in [1.807, 2.05) is 12.1 Å². The highest BCUT2D eigenvalue weighted by Crippen LogP contribution is 2.24. The maximum Gasteiger partial charge on any atom is 0.286 e. The van der Waals surface area contributed by atoms with E-state index in [1.54, 1.807) is 26.0 Å². The minimum absolute atomic E-state index is 0.0571. The maximum atomic E-state index is 11.6. The highest BCUT2D eigenvalue weighted by atomic mass is 32.2. The van der Waals surface area contributed by atoms with Gasteiger partial charge in [-0.2, -0.15) is 0 Å². The molecule has 2 unspecified atom stereocenters. The van der Waals surface area contributed by atoms with Gasteiger partial charge in [-0.1, -0.05) is 23.9 Å². The maximum absolute atomic E-state index is 11.6. The van der Waals surface area contributed by atoms with Gasteiger partial charge in [-0.05, 0) is 31.0 Å². The first-order valence-corrected chi connectivity index (χ1v) is 8.65. The lowest BCUT2D eigenvalue weighted by Gasteiger charge is -2.11. The van der Waals surface area contributed by atoms with Crippen molar-refractivity contribution in [2.75, 3.05) is 6.61 Å². The summed E-state index contributed by atoms with van der Waals surface area (Å²) < 4.78 is 10.9. The topological polar surface area (TPSA) is 102 Å². The predicted molar refractivity (Wildman–Crippen MR) is 91.5 cm³/mol. The lowest BCUT2D eigenvalue weighted by molar-refractivity contribution is -0.118. The first-order chi connectivity index (χ1) is 11.9. The molecule has 0 radical (unpaired) electrons. The highest BCUT2D eigenvalue weighted by molar-refractivity contribution is 8.15. The van der Waals surface area contributed by atoms with Crippen LogP contribution in [0.3, 0.4) is 0 Å². The van der Waals surface area contributed by atoms with Gasteiger partial charge in [0.1, 0.15) is 29.9 Å². The number of oxazole rings is 1. The number of thioether (sulfide) groups is 1. The standard InChI is InChI=1S/C17H18N2O5S/c1-9-15(18-10(2)24-9)13(20)8-23-12-5-3-11(4-6-12)7-14-16(21)19-17(22)25-14/h3-6,13-14,20H,7-8H2,1-2H3,(H,19,21,22). The summed E-state index contributed by atoms with van der Waals surface area (Å²) in [5, 5.41) is 11.7. The van der Waals surface area contributed by atoms with Gasteiger partial charge in [0.05, 0.1) is 5.25 Å². The number of carbonyl (C=O) groups is 2. The van der Waals surface area contributed by atoms with Gasteiger partial charge in [0.25, 0.3) is 5.24 Å². The molecular weight excluding hydrogens is 344 g/mol. The van der Waals surface area contributed by atoms with E-state index in [0.29, 0.717) is 29.5 Å². The van der Waals surface area contributed by atoms with Crippen LogP contribution in [0, 0.1) is 13.8 Å². The minimum atomic E-state index is -0.873. The number of amides is 2. The van der Waals surface area contributed by atoms with Crippen LogP contribution in [0.1, 0.15) is 29.0 Å². The van der Waals surface area contributed by atoms with E-state index in [2.05, 4.69) is 10.3 Å². The van der Waals surface area contributed by atoms with Crippen molar-refractivity contribution >= 4 is 22.9 Å².